The fraction of sp³-hybridized carbons (Fsp3) is 0. The van der Waals surface area contributed by atoms with Crippen LogP contribution in [0.15, 0.2) is 71.3 Å². The number of oxazole rings is 1. The van der Waals surface area contributed by atoms with Crippen molar-refractivity contribution in [3.05, 3.63) is 71.9 Å². The zero-order valence-electron chi connectivity index (χ0n) is 11.5. The van der Waals surface area contributed by atoms with Crippen LogP contribution in [0.4, 0.5) is 0 Å². The first kappa shape index (κ1) is 13.0. The van der Waals surface area contributed by atoms with Gasteiger partial charge in [0.2, 0.25) is 5.89 Å². The van der Waals surface area contributed by atoms with Gasteiger partial charge in [-0.3, -0.25) is 4.98 Å². The Kier molecular flexibility index (Phi) is 3.13. The standard InChI is InChI=1S/C18H11ClN2O/c19-14-7-4-12(5-8-14)18-21-16-11-13(6-9-17(16)22-18)15-3-1-2-10-20-15/h1-11H. The van der Waals surface area contributed by atoms with Crippen LogP contribution < -0.4 is 0 Å². The lowest BCUT2D eigenvalue weighted by Crippen LogP contribution is -1.81. The van der Waals surface area contributed by atoms with Gasteiger partial charge in [-0.1, -0.05) is 17.7 Å². The Morgan fingerprint density at radius 1 is 0.864 bits per heavy atom. The highest BCUT2D eigenvalue weighted by Gasteiger charge is 2.09. The first-order chi connectivity index (χ1) is 10.8. The molecule has 4 rings (SSSR count). The lowest BCUT2D eigenvalue weighted by molar-refractivity contribution is 0.620. The van der Waals surface area contributed by atoms with Crippen LogP contribution >= 0.6 is 11.6 Å². The molecule has 0 spiro atoms. The minimum atomic E-state index is 0.588. The van der Waals surface area contributed by atoms with E-state index >= 15 is 0 Å². The molecule has 3 nitrogen and oxygen atoms in total. The second kappa shape index (κ2) is 5.28. The summed E-state index contributed by atoms with van der Waals surface area (Å²) in [6.45, 7) is 0. The Labute approximate surface area is 132 Å². The number of pyridine rings is 1. The van der Waals surface area contributed by atoms with E-state index < -0.39 is 0 Å². The minimum Gasteiger partial charge on any atom is -0.436 e. The van der Waals surface area contributed by atoms with Gasteiger partial charge in [0.15, 0.2) is 5.58 Å². The largest absolute Gasteiger partial charge is 0.436 e. The van der Waals surface area contributed by atoms with Crippen LogP contribution in [-0.2, 0) is 0 Å². The van der Waals surface area contributed by atoms with E-state index in [-0.39, 0.29) is 0 Å². The van der Waals surface area contributed by atoms with Crippen LogP contribution in [0.3, 0.4) is 0 Å². The van der Waals surface area contributed by atoms with Crippen molar-refractivity contribution in [3.63, 3.8) is 0 Å². The Hall–Kier alpha value is -2.65. The molecule has 22 heavy (non-hydrogen) atoms. The van der Waals surface area contributed by atoms with Gasteiger partial charge < -0.3 is 4.42 Å². The van der Waals surface area contributed by atoms with E-state index in [9.17, 15) is 0 Å². The number of hydrogen-bond donors (Lipinski definition) is 0. The molecule has 0 atom stereocenters. The molecule has 4 heteroatoms. The lowest BCUT2D eigenvalue weighted by Gasteiger charge is -1.98. The van der Waals surface area contributed by atoms with Gasteiger partial charge in [-0.2, -0.15) is 0 Å². The Morgan fingerprint density at radius 2 is 1.68 bits per heavy atom. The number of rotatable bonds is 2. The summed E-state index contributed by atoms with van der Waals surface area (Å²) >= 11 is 5.91. The van der Waals surface area contributed by atoms with E-state index in [0.29, 0.717) is 10.9 Å². The molecule has 0 saturated carbocycles. The third-order valence-corrected chi connectivity index (χ3v) is 3.69. The van der Waals surface area contributed by atoms with E-state index in [1.165, 1.54) is 0 Å². The molecular weight excluding hydrogens is 296 g/mol. The van der Waals surface area contributed by atoms with E-state index in [1.807, 2.05) is 60.7 Å². The molecule has 0 amide bonds. The van der Waals surface area contributed by atoms with Crippen LogP contribution in [0.25, 0.3) is 33.8 Å². The van der Waals surface area contributed by atoms with Crippen molar-refractivity contribution in [2.24, 2.45) is 0 Å². The van der Waals surface area contributed by atoms with Crippen molar-refractivity contribution in [3.8, 4) is 22.7 Å². The first-order valence-corrected chi connectivity index (χ1v) is 7.25. The molecule has 2 aromatic carbocycles. The molecule has 0 saturated heterocycles. The van der Waals surface area contributed by atoms with Crippen molar-refractivity contribution in [1.82, 2.24) is 9.97 Å². The molecule has 0 aliphatic heterocycles. The van der Waals surface area contributed by atoms with Gasteiger partial charge in [-0.15, -0.1) is 0 Å². The van der Waals surface area contributed by atoms with Crippen LogP contribution in [0.1, 0.15) is 0 Å². The third-order valence-electron chi connectivity index (χ3n) is 3.44. The number of hydrogen-bond acceptors (Lipinski definition) is 3. The van der Waals surface area contributed by atoms with Gasteiger partial charge >= 0.3 is 0 Å². The van der Waals surface area contributed by atoms with Gasteiger partial charge in [0.1, 0.15) is 5.52 Å². The highest BCUT2D eigenvalue weighted by atomic mass is 35.5. The smallest absolute Gasteiger partial charge is 0.227 e. The molecule has 0 N–H and O–H groups in total. The number of fused-ring (bicyclic) bond motifs is 1. The maximum atomic E-state index is 5.91. The van der Waals surface area contributed by atoms with Gasteiger partial charge in [-0.25, -0.2) is 4.98 Å². The molecule has 2 aromatic heterocycles. The Balaban J connectivity index is 1.80. The monoisotopic (exact) mass is 306 g/mol. The van der Waals surface area contributed by atoms with Gasteiger partial charge in [0.05, 0.1) is 5.69 Å². The van der Waals surface area contributed by atoms with Gasteiger partial charge in [-0.05, 0) is 54.6 Å². The third kappa shape index (κ3) is 2.36. The van der Waals surface area contributed by atoms with Gasteiger partial charge in [0, 0.05) is 22.3 Å². The maximum absolute atomic E-state index is 5.91. The van der Waals surface area contributed by atoms with Crippen LogP contribution in [0, 0.1) is 0 Å². The molecule has 4 aromatic rings. The van der Waals surface area contributed by atoms with Crippen molar-refractivity contribution in [2.75, 3.05) is 0 Å². The summed E-state index contributed by atoms with van der Waals surface area (Å²) < 4.78 is 5.81. The van der Waals surface area contributed by atoms with Crippen LogP contribution in [-0.4, -0.2) is 9.97 Å². The molecule has 0 radical (unpaired) electrons. The van der Waals surface area contributed by atoms with Crippen molar-refractivity contribution in [2.45, 2.75) is 0 Å². The normalized spacial score (nSPS) is 11.0. The van der Waals surface area contributed by atoms with E-state index in [0.717, 1.165) is 27.9 Å². The molecule has 2 heterocycles. The topological polar surface area (TPSA) is 38.9 Å². The fourth-order valence-electron chi connectivity index (χ4n) is 2.34. The molecule has 0 fully saturated rings. The molecule has 0 bridgehead atoms. The summed E-state index contributed by atoms with van der Waals surface area (Å²) in [5.74, 6) is 0.588. The summed E-state index contributed by atoms with van der Waals surface area (Å²) in [6.07, 6.45) is 1.78. The summed E-state index contributed by atoms with van der Waals surface area (Å²) in [6, 6.07) is 19.2. The number of benzene rings is 2. The van der Waals surface area contributed by atoms with E-state index in [4.69, 9.17) is 16.0 Å². The predicted octanol–water partition coefficient (Wildman–Crippen LogP) is 5.21. The van der Waals surface area contributed by atoms with E-state index in [1.54, 1.807) is 6.20 Å². The maximum Gasteiger partial charge on any atom is 0.227 e. The van der Waals surface area contributed by atoms with Crippen LogP contribution in [0.5, 0.6) is 0 Å². The van der Waals surface area contributed by atoms with Gasteiger partial charge in [0.25, 0.3) is 0 Å². The summed E-state index contributed by atoms with van der Waals surface area (Å²) in [5, 5.41) is 0.692. The summed E-state index contributed by atoms with van der Waals surface area (Å²) in [5.41, 5.74) is 4.40. The minimum absolute atomic E-state index is 0.588. The number of aromatic nitrogens is 2. The molecule has 0 unspecified atom stereocenters. The first-order valence-electron chi connectivity index (χ1n) is 6.87. The lowest BCUT2D eigenvalue weighted by atomic mass is 10.1. The Bertz CT molecular complexity index is 930. The molecular formula is C18H11ClN2O. The van der Waals surface area contributed by atoms with Crippen molar-refractivity contribution >= 4 is 22.7 Å². The van der Waals surface area contributed by atoms with E-state index in [2.05, 4.69) is 9.97 Å². The summed E-state index contributed by atoms with van der Waals surface area (Å²) in [4.78, 5) is 8.92. The number of halogens is 1. The van der Waals surface area contributed by atoms with Crippen molar-refractivity contribution in [1.29, 1.82) is 0 Å². The highest BCUT2D eigenvalue weighted by molar-refractivity contribution is 6.30. The molecule has 0 aliphatic carbocycles. The Morgan fingerprint density at radius 3 is 2.45 bits per heavy atom. The van der Waals surface area contributed by atoms with Crippen LogP contribution in [0.2, 0.25) is 5.02 Å². The van der Waals surface area contributed by atoms with Crippen molar-refractivity contribution < 1.29 is 4.42 Å². The zero-order valence-corrected chi connectivity index (χ0v) is 12.3. The average Bonchev–Trinajstić information content (AvgIpc) is 2.99. The predicted molar refractivity (Wildman–Crippen MR) is 87.7 cm³/mol. The zero-order chi connectivity index (χ0) is 14.9. The average molecular weight is 307 g/mol. The molecule has 106 valence electrons. The fourth-order valence-corrected chi connectivity index (χ4v) is 2.46. The second-order valence-electron chi connectivity index (χ2n) is 4.92. The quantitative estimate of drug-likeness (QED) is 0.510. The second-order valence-corrected chi connectivity index (χ2v) is 5.36. The number of nitrogens with zero attached hydrogens (tertiary/aromatic N) is 2. The molecule has 0 aliphatic rings. The SMILES string of the molecule is Clc1ccc(-c2nc3cc(-c4ccccn4)ccc3o2)cc1. The highest BCUT2D eigenvalue weighted by Crippen LogP contribution is 2.28. The summed E-state index contributed by atoms with van der Waals surface area (Å²) in [7, 11) is 0.